The summed E-state index contributed by atoms with van der Waals surface area (Å²) >= 11 is 2.91. The number of hydrogen-bond donors (Lipinski definition) is 2. The molecule has 2 atom stereocenters. The Bertz CT molecular complexity index is 416. The zero-order valence-corrected chi connectivity index (χ0v) is 11.4. The van der Waals surface area contributed by atoms with Gasteiger partial charge in [0.15, 0.2) is 0 Å². The first-order valence-corrected chi connectivity index (χ1v) is 5.95. The zero-order valence-electron chi connectivity index (χ0n) is 9.84. The Balaban J connectivity index is 3.21. The molecule has 0 aliphatic heterocycles. The molecule has 0 spiro atoms. The lowest BCUT2D eigenvalue weighted by molar-refractivity contribution is -0.0487. The Hall–Kier alpha value is -0.520. The highest BCUT2D eigenvalue weighted by atomic mass is 79.9. The Morgan fingerprint density at radius 3 is 2.18 bits per heavy atom. The fourth-order valence-electron chi connectivity index (χ4n) is 1.45. The predicted octanol–water partition coefficient (Wildman–Crippen LogP) is 3.17. The molecule has 1 aromatic carbocycles. The average molecular weight is 309 g/mol. The lowest BCUT2D eigenvalue weighted by Crippen LogP contribution is -2.33. The summed E-state index contributed by atoms with van der Waals surface area (Å²) in [4.78, 5) is 0. The van der Waals surface area contributed by atoms with E-state index >= 15 is 0 Å². The van der Waals surface area contributed by atoms with Crippen LogP contribution in [0.2, 0.25) is 0 Å². The van der Waals surface area contributed by atoms with Crippen LogP contribution in [0.5, 0.6) is 0 Å². The minimum absolute atomic E-state index is 0.0501. The molecule has 0 bridgehead atoms. The van der Waals surface area contributed by atoms with Crippen LogP contribution >= 0.6 is 15.9 Å². The van der Waals surface area contributed by atoms with E-state index in [4.69, 9.17) is 0 Å². The Kier molecular flexibility index (Phi) is 4.28. The van der Waals surface area contributed by atoms with Gasteiger partial charge in [-0.3, -0.25) is 0 Å². The minimum atomic E-state index is -1.60. The molecule has 0 saturated carbocycles. The normalized spacial score (nSPS) is 15.8. The van der Waals surface area contributed by atoms with Crippen LogP contribution in [0.15, 0.2) is 16.6 Å². The topological polar surface area (TPSA) is 40.5 Å². The molecule has 0 aliphatic rings. The lowest BCUT2D eigenvalue weighted by Gasteiger charge is -2.30. The van der Waals surface area contributed by atoms with Crippen molar-refractivity contribution in [2.45, 2.75) is 33.0 Å². The minimum Gasteiger partial charge on any atom is -0.390 e. The van der Waals surface area contributed by atoms with Gasteiger partial charge in [-0.1, -0.05) is 20.8 Å². The van der Waals surface area contributed by atoms with Gasteiger partial charge in [-0.2, -0.15) is 0 Å². The van der Waals surface area contributed by atoms with Gasteiger partial charge in [0.25, 0.3) is 0 Å². The van der Waals surface area contributed by atoms with Gasteiger partial charge in [0, 0.05) is 0 Å². The number of hydrogen-bond acceptors (Lipinski definition) is 2. The summed E-state index contributed by atoms with van der Waals surface area (Å²) in [6.45, 7) is 5.03. The van der Waals surface area contributed by atoms with E-state index in [-0.39, 0.29) is 4.47 Å². The number of benzene rings is 1. The number of rotatable bonds is 2. The van der Waals surface area contributed by atoms with Gasteiger partial charge in [0.2, 0.25) is 0 Å². The van der Waals surface area contributed by atoms with Gasteiger partial charge in [-0.15, -0.1) is 0 Å². The van der Waals surface area contributed by atoms with E-state index in [2.05, 4.69) is 15.9 Å². The van der Waals surface area contributed by atoms with Crippen molar-refractivity contribution in [2.75, 3.05) is 0 Å². The van der Waals surface area contributed by atoms with Crippen LogP contribution in [0.3, 0.4) is 0 Å². The van der Waals surface area contributed by atoms with Gasteiger partial charge in [-0.25, -0.2) is 8.78 Å². The fourth-order valence-corrected chi connectivity index (χ4v) is 1.79. The van der Waals surface area contributed by atoms with Crippen molar-refractivity contribution in [3.8, 4) is 0 Å². The zero-order chi connectivity index (χ0) is 13.4. The standard InChI is InChI=1S/C12H15BrF2O2/c1-12(2,3)11(17)10(16)8-7(14)5-4-6(13)9(8)15/h4-5,10-11,16-17H,1-3H3. The monoisotopic (exact) mass is 308 g/mol. The van der Waals surface area contributed by atoms with E-state index < -0.39 is 34.8 Å². The van der Waals surface area contributed by atoms with Crippen LogP contribution in [0, 0.1) is 17.0 Å². The Morgan fingerprint density at radius 1 is 1.18 bits per heavy atom. The van der Waals surface area contributed by atoms with Crippen molar-refractivity contribution in [3.63, 3.8) is 0 Å². The first-order chi connectivity index (χ1) is 7.66. The van der Waals surface area contributed by atoms with Crippen molar-refractivity contribution >= 4 is 15.9 Å². The van der Waals surface area contributed by atoms with Crippen molar-refractivity contribution in [3.05, 3.63) is 33.8 Å². The molecule has 2 unspecified atom stereocenters. The second-order valence-electron chi connectivity index (χ2n) is 5.01. The van der Waals surface area contributed by atoms with Crippen LogP contribution in [-0.2, 0) is 0 Å². The van der Waals surface area contributed by atoms with E-state index in [0.717, 1.165) is 6.07 Å². The molecule has 0 aliphatic carbocycles. The van der Waals surface area contributed by atoms with E-state index in [1.165, 1.54) is 6.07 Å². The molecule has 0 aromatic heterocycles. The maximum atomic E-state index is 13.7. The smallest absolute Gasteiger partial charge is 0.146 e. The second kappa shape index (κ2) is 5.00. The molecule has 0 fully saturated rings. The highest BCUT2D eigenvalue weighted by Crippen LogP contribution is 2.34. The molecule has 96 valence electrons. The maximum absolute atomic E-state index is 13.7. The summed E-state index contributed by atoms with van der Waals surface area (Å²) in [5.41, 5.74) is -1.19. The van der Waals surface area contributed by atoms with Crippen LogP contribution in [-0.4, -0.2) is 16.3 Å². The summed E-state index contributed by atoms with van der Waals surface area (Å²) in [7, 11) is 0. The molecule has 5 heteroatoms. The summed E-state index contributed by atoms with van der Waals surface area (Å²) in [6.07, 6.45) is -2.87. The van der Waals surface area contributed by atoms with Crippen LogP contribution in [0.25, 0.3) is 0 Å². The van der Waals surface area contributed by atoms with Gasteiger partial charge < -0.3 is 10.2 Å². The summed E-state index contributed by atoms with van der Waals surface area (Å²) in [5.74, 6) is -1.76. The first-order valence-electron chi connectivity index (χ1n) is 5.15. The average Bonchev–Trinajstić information content (AvgIpc) is 2.21. The van der Waals surface area contributed by atoms with Crippen molar-refractivity contribution in [2.24, 2.45) is 5.41 Å². The molecule has 0 amide bonds. The maximum Gasteiger partial charge on any atom is 0.146 e. The molecule has 17 heavy (non-hydrogen) atoms. The fraction of sp³-hybridized carbons (Fsp3) is 0.500. The Labute approximate surface area is 107 Å². The highest BCUT2D eigenvalue weighted by Gasteiger charge is 2.33. The molecule has 0 radical (unpaired) electrons. The molecule has 2 nitrogen and oxygen atoms in total. The van der Waals surface area contributed by atoms with Crippen molar-refractivity contribution in [1.29, 1.82) is 0 Å². The SMILES string of the molecule is CC(C)(C)C(O)C(O)c1c(F)ccc(Br)c1F. The third kappa shape index (κ3) is 3.03. The van der Waals surface area contributed by atoms with Gasteiger partial charge >= 0.3 is 0 Å². The molecule has 0 saturated heterocycles. The molecular weight excluding hydrogens is 294 g/mol. The largest absolute Gasteiger partial charge is 0.390 e. The van der Waals surface area contributed by atoms with E-state index in [1.54, 1.807) is 20.8 Å². The van der Waals surface area contributed by atoms with Gasteiger partial charge in [0.1, 0.15) is 17.7 Å². The number of aliphatic hydroxyl groups excluding tert-OH is 2. The summed E-state index contributed by atoms with van der Waals surface area (Å²) < 4.78 is 27.3. The van der Waals surface area contributed by atoms with E-state index in [1.807, 2.05) is 0 Å². The number of aliphatic hydroxyl groups is 2. The predicted molar refractivity (Wildman–Crippen MR) is 64.5 cm³/mol. The Morgan fingerprint density at radius 2 is 1.71 bits per heavy atom. The summed E-state index contributed by atoms with van der Waals surface area (Å²) in [5, 5.41) is 19.7. The van der Waals surface area contributed by atoms with E-state index in [9.17, 15) is 19.0 Å². The van der Waals surface area contributed by atoms with Crippen LogP contribution in [0.1, 0.15) is 32.4 Å². The molecule has 1 rings (SSSR count). The van der Waals surface area contributed by atoms with Crippen LogP contribution < -0.4 is 0 Å². The first kappa shape index (κ1) is 14.5. The summed E-state index contributed by atoms with van der Waals surface area (Å²) in [6, 6.07) is 2.26. The van der Waals surface area contributed by atoms with Gasteiger partial charge in [-0.05, 0) is 33.5 Å². The third-order valence-electron chi connectivity index (χ3n) is 2.56. The van der Waals surface area contributed by atoms with Crippen LogP contribution in [0.4, 0.5) is 8.78 Å². The molecular formula is C12H15BrF2O2. The van der Waals surface area contributed by atoms with Crippen molar-refractivity contribution in [1.82, 2.24) is 0 Å². The quantitative estimate of drug-likeness (QED) is 0.824. The van der Waals surface area contributed by atoms with Crippen molar-refractivity contribution < 1.29 is 19.0 Å². The molecule has 1 aromatic rings. The molecule has 0 heterocycles. The number of halogens is 3. The second-order valence-corrected chi connectivity index (χ2v) is 5.87. The molecule has 2 N–H and O–H groups in total. The third-order valence-corrected chi connectivity index (χ3v) is 3.17. The van der Waals surface area contributed by atoms with Gasteiger partial charge in [0.05, 0.1) is 16.1 Å². The lowest BCUT2D eigenvalue weighted by atomic mass is 9.83. The van der Waals surface area contributed by atoms with E-state index in [0.29, 0.717) is 0 Å². The highest BCUT2D eigenvalue weighted by molar-refractivity contribution is 9.10.